The molecule has 1 aromatic heterocycles. The number of allylic oxidation sites excluding steroid dienone is 6. The molecule has 4 aliphatic carbocycles. The summed E-state index contributed by atoms with van der Waals surface area (Å²) in [4.78, 5) is 37.4. The van der Waals surface area contributed by atoms with E-state index in [2.05, 4.69) is 23.7 Å². The van der Waals surface area contributed by atoms with Crippen LogP contribution in [0, 0.1) is 28.6 Å². The summed E-state index contributed by atoms with van der Waals surface area (Å²) in [5.74, 6) is -1.75. The molecule has 2 aromatic carbocycles. The summed E-state index contributed by atoms with van der Waals surface area (Å²) < 4.78 is 23.7. The largest absolute Gasteiger partial charge is 0.453 e. The Morgan fingerprint density at radius 3 is 2.39 bits per heavy atom. The van der Waals surface area contributed by atoms with Gasteiger partial charge in [0.05, 0.1) is 23.9 Å². The third kappa shape index (κ3) is 7.87. The van der Waals surface area contributed by atoms with Gasteiger partial charge >= 0.3 is 5.97 Å². The average molecular weight is 820 g/mol. The van der Waals surface area contributed by atoms with Crippen molar-refractivity contribution in [1.82, 2.24) is 4.98 Å². The number of ketones is 1. The van der Waals surface area contributed by atoms with Crippen molar-refractivity contribution < 1.29 is 28.7 Å². The molecular weight excluding hydrogens is 762 g/mol. The van der Waals surface area contributed by atoms with Crippen LogP contribution in [0.3, 0.4) is 0 Å². The normalized spacial score (nSPS) is 32.4. The molecule has 0 spiro atoms. The highest BCUT2D eigenvalue weighted by atomic mass is 35.5. The van der Waals surface area contributed by atoms with Crippen molar-refractivity contribution in [3.8, 4) is 0 Å². The summed E-state index contributed by atoms with van der Waals surface area (Å²) in [5, 5.41) is 16.1. The number of anilines is 1. The van der Waals surface area contributed by atoms with E-state index in [0.717, 1.165) is 21.8 Å². The number of halogens is 3. The number of hydrogen-bond acceptors (Lipinski definition) is 7. The molecule has 1 N–H and O–H groups in total. The smallest absolute Gasteiger partial charge is 0.343 e. The van der Waals surface area contributed by atoms with E-state index in [0.29, 0.717) is 30.8 Å². The van der Waals surface area contributed by atoms with Gasteiger partial charge in [-0.15, -0.1) is 0 Å². The minimum atomic E-state index is -1.99. The number of benzene rings is 2. The summed E-state index contributed by atoms with van der Waals surface area (Å²) >= 11 is 11.4. The van der Waals surface area contributed by atoms with Crippen LogP contribution in [0.25, 0.3) is 10.9 Å². The van der Waals surface area contributed by atoms with Gasteiger partial charge in [-0.05, 0) is 121 Å². The van der Waals surface area contributed by atoms with Crippen molar-refractivity contribution in [2.24, 2.45) is 28.6 Å². The average Bonchev–Trinajstić information content (AvgIpc) is 3.70. The van der Waals surface area contributed by atoms with Gasteiger partial charge < -0.3 is 9.84 Å². The molecule has 1 aliphatic heterocycles. The zero-order valence-electron chi connectivity index (χ0n) is 34.4. The number of fused-ring (bicyclic) bond motifs is 8. The molecule has 8 rings (SSSR count). The molecule has 7 nitrogen and oxygen atoms in total. The molecule has 10 heteroatoms. The SMILES string of the molecule is C/C=C(\C)Cl.C=CC(C)(C)OC(=O)[C@@]12ON(c3ccc(Cl)cc3)C[C@@H]1C[C@H]1[C@@H]3CCC4=CC(=O)C=C[C@]4(C)[C@@]3(F)[C@@H](O)C[C@@]12C.CC.c1ccc2ncccc2c1. The second-order valence-corrected chi connectivity index (χ2v) is 17.4. The van der Waals surface area contributed by atoms with Crippen LogP contribution in [0.5, 0.6) is 0 Å². The number of pyridine rings is 1. The molecule has 0 unspecified atom stereocenters. The van der Waals surface area contributed by atoms with Crippen molar-refractivity contribution >= 4 is 51.5 Å². The van der Waals surface area contributed by atoms with Gasteiger partial charge in [0, 0.05) is 44.3 Å². The Morgan fingerprint density at radius 1 is 1.11 bits per heavy atom. The van der Waals surface area contributed by atoms with Gasteiger partial charge in [-0.1, -0.05) is 92.5 Å². The van der Waals surface area contributed by atoms with Crippen LogP contribution in [0.15, 0.2) is 114 Å². The standard InChI is InChI=1S/C32H37ClFNO5.C9H7N.C4H7Cl.C2H6/c1-6-28(2,3)39-27(38)32-20(18-35(40-32)22-10-8-21(33)9-11-22)16-25-24-12-7-19-15-23(36)13-14-29(19,4)31(24,34)26(37)17-30(25,32)5;1-2-6-9-8(4-1)5-3-7-10-9;1-3-4(2)5;1-2/h6,8-11,13-15,20,24-26,37H,1,7,12,16-18H2,2-5H3;1-7H;3H,1-2H3;1-2H3/b;;4-3+;/t20-,24-,25-,26-,29-,30-,31-,32-;;;/m0.../s1. The maximum atomic E-state index is 17.6. The van der Waals surface area contributed by atoms with Gasteiger partial charge in [0.1, 0.15) is 5.60 Å². The Kier molecular flexibility index (Phi) is 13.4. The number of aliphatic hydroxyl groups is 1. The molecule has 306 valence electrons. The third-order valence-corrected chi connectivity index (χ3v) is 13.3. The minimum absolute atomic E-state index is 0.0178. The van der Waals surface area contributed by atoms with Crippen LogP contribution in [0.1, 0.15) is 81.1 Å². The van der Waals surface area contributed by atoms with Crippen molar-refractivity contribution in [1.29, 1.82) is 0 Å². The van der Waals surface area contributed by atoms with E-state index in [1.807, 2.05) is 83.3 Å². The predicted molar refractivity (Wildman–Crippen MR) is 229 cm³/mol. The first-order chi connectivity index (χ1) is 27.0. The van der Waals surface area contributed by atoms with E-state index in [9.17, 15) is 14.7 Å². The lowest BCUT2D eigenvalue weighted by atomic mass is 9.45. The van der Waals surface area contributed by atoms with Gasteiger partial charge in [0.25, 0.3) is 0 Å². The molecule has 8 atom stereocenters. The maximum absolute atomic E-state index is 17.6. The van der Waals surface area contributed by atoms with Crippen LogP contribution in [0.2, 0.25) is 5.02 Å². The number of carbonyl (C=O) groups excluding carboxylic acids is 2. The van der Waals surface area contributed by atoms with Crippen molar-refractivity contribution in [2.75, 3.05) is 11.6 Å². The van der Waals surface area contributed by atoms with Gasteiger partial charge in [0.15, 0.2) is 11.5 Å². The number of aliphatic hydroxyl groups excluding tert-OH is 1. The van der Waals surface area contributed by atoms with Crippen LogP contribution in [0.4, 0.5) is 10.1 Å². The summed E-state index contributed by atoms with van der Waals surface area (Å²) in [6.07, 6.45) is 10.1. The molecule has 5 aliphatic rings. The number of ether oxygens (including phenoxy) is 1. The number of para-hydroxylation sites is 1. The second kappa shape index (κ2) is 17.2. The molecule has 4 fully saturated rings. The topological polar surface area (TPSA) is 89.0 Å². The van der Waals surface area contributed by atoms with E-state index in [4.69, 9.17) is 32.8 Å². The Bertz CT molecular complexity index is 1980. The van der Waals surface area contributed by atoms with Gasteiger partial charge in [0.2, 0.25) is 5.60 Å². The van der Waals surface area contributed by atoms with E-state index in [1.54, 1.807) is 50.1 Å². The maximum Gasteiger partial charge on any atom is 0.343 e. The van der Waals surface area contributed by atoms with Gasteiger partial charge in [-0.25, -0.2) is 9.18 Å². The molecule has 3 saturated carbocycles. The monoisotopic (exact) mass is 818 g/mol. The fourth-order valence-electron chi connectivity index (χ4n) is 9.73. The second-order valence-electron chi connectivity index (χ2n) is 16.3. The van der Waals surface area contributed by atoms with Crippen LogP contribution in [-0.4, -0.2) is 51.4 Å². The number of esters is 1. The zero-order valence-corrected chi connectivity index (χ0v) is 35.9. The number of alkyl halides is 1. The van der Waals surface area contributed by atoms with E-state index in [-0.39, 0.29) is 24.0 Å². The van der Waals surface area contributed by atoms with Crippen molar-refractivity contribution in [2.45, 2.75) is 104 Å². The summed E-state index contributed by atoms with van der Waals surface area (Å²) in [7, 11) is 0. The van der Waals surface area contributed by atoms with Gasteiger partial charge in [-0.2, -0.15) is 0 Å². The molecule has 57 heavy (non-hydrogen) atoms. The zero-order chi connectivity index (χ0) is 42.0. The summed E-state index contributed by atoms with van der Waals surface area (Å²) in [6, 6.07) is 19.3. The van der Waals surface area contributed by atoms with Crippen LogP contribution < -0.4 is 5.06 Å². The van der Waals surface area contributed by atoms with E-state index in [1.165, 1.54) is 17.5 Å². The minimum Gasteiger partial charge on any atom is -0.453 e. The Morgan fingerprint density at radius 2 is 1.75 bits per heavy atom. The fourth-order valence-corrected chi connectivity index (χ4v) is 9.85. The first kappa shape index (κ1) is 44.3. The van der Waals surface area contributed by atoms with Crippen molar-refractivity contribution in [3.05, 3.63) is 119 Å². The lowest BCUT2D eigenvalue weighted by Gasteiger charge is -2.62. The highest BCUT2D eigenvalue weighted by molar-refractivity contribution is 6.30. The molecule has 2 heterocycles. The van der Waals surface area contributed by atoms with E-state index >= 15 is 4.39 Å². The highest BCUT2D eigenvalue weighted by Gasteiger charge is 2.80. The van der Waals surface area contributed by atoms with E-state index < -0.39 is 45.7 Å². The Balaban J connectivity index is 0.000000303. The van der Waals surface area contributed by atoms with Crippen LogP contribution in [-0.2, 0) is 19.2 Å². The highest BCUT2D eigenvalue weighted by Crippen LogP contribution is 2.72. The molecular formula is C47H57Cl2FN2O5. The number of nitrogens with zero attached hydrogens (tertiary/aromatic N) is 2. The Labute approximate surface area is 347 Å². The lowest BCUT2D eigenvalue weighted by Crippen LogP contribution is -2.69. The number of rotatable bonds is 4. The molecule has 1 saturated heterocycles. The summed E-state index contributed by atoms with van der Waals surface area (Å²) in [5.41, 5.74) is -3.85. The molecule has 0 amide bonds. The third-order valence-electron chi connectivity index (χ3n) is 12.8. The predicted octanol–water partition coefficient (Wildman–Crippen LogP) is 11.3. The number of hydroxylamine groups is 1. The number of aromatic nitrogens is 1. The van der Waals surface area contributed by atoms with Gasteiger partial charge in [-0.3, -0.25) is 19.7 Å². The van der Waals surface area contributed by atoms with Crippen molar-refractivity contribution in [3.63, 3.8) is 0 Å². The number of carbonyl (C=O) groups is 2. The molecule has 3 aromatic rings. The van der Waals surface area contributed by atoms with Crippen LogP contribution >= 0.6 is 23.2 Å². The number of hydrogen-bond donors (Lipinski definition) is 1. The first-order valence-corrected chi connectivity index (χ1v) is 20.7. The Hall–Kier alpha value is -3.82. The molecule has 0 bridgehead atoms. The first-order valence-electron chi connectivity index (χ1n) is 19.9. The lowest BCUT2D eigenvalue weighted by molar-refractivity contribution is -0.235. The molecule has 0 radical (unpaired) electrons. The fraction of sp³-hybridized carbons (Fsp3) is 0.468. The summed E-state index contributed by atoms with van der Waals surface area (Å²) in [6.45, 7) is 19.3. The quantitative estimate of drug-likeness (QED) is 0.207.